The Morgan fingerprint density at radius 3 is 2.69 bits per heavy atom. The van der Waals surface area contributed by atoms with E-state index in [0.717, 1.165) is 13.1 Å². The van der Waals surface area contributed by atoms with Gasteiger partial charge < -0.3 is 10.2 Å². The van der Waals surface area contributed by atoms with Crippen molar-refractivity contribution in [3.8, 4) is 0 Å². The van der Waals surface area contributed by atoms with E-state index in [1.807, 2.05) is 18.9 Å². The fourth-order valence-corrected chi connectivity index (χ4v) is 1.44. The molecule has 0 heterocycles. The molecular weight excluding hydrogens is 164 g/mol. The Hall–Kier alpha value is -0.570. The monoisotopic (exact) mass is 184 g/mol. The van der Waals surface area contributed by atoms with Crippen molar-refractivity contribution < 1.29 is 4.79 Å². The molecule has 0 aliphatic heterocycles. The molecule has 1 atom stereocenters. The molecule has 1 unspecified atom stereocenters. The molecule has 0 spiro atoms. The summed E-state index contributed by atoms with van der Waals surface area (Å²) in [5.41, 5.74) is 0. The van der Waals surface area contributed by atoms with Crippen LogP contribution in [-0.4, -0.2) is 37.0 Å². The summed E-state index contributed by atoms with van der Waals surface area (Å²) < 4.78 is 0. The van der Waals surface area contributed by atoms with E-state index in [-0.39, 0.29) is 11.8 Å². The molecule has 3 heteroatoms. The van der Waals surface area contributed by atoms with E-state index in [1.165, 1.54) is 12.8 Å². The van der Waals surface area contributed by atoms with Crippen molar-refractivity contribution in [3.05, 3.63) is 0 Å². The zero-order valence-electron chi connectivity index (χ0n) is 8.84. The van der Waals surface area contributed by atoms with Crippen molar-refractivity contribution in [2.75, 3.05) is 20.1 Å². The van der Waals surface area contributed by atoms with Crippen molar-refractivity contribution in [2.45, 2.75) is 32.7 Å². The van der Waals surface area contributed by atoms with Gasteiger partial charge in [-0.25, -0.2) is 0 Å². The van der Waals surface area contributed by atoms with Crippen molar-refractivity contribution in [1.82, 2.24) is 10.2 Å². The Balaban J connectivity index is 2.27. The van der Waals surface area contributed by atoms with Crippen LogP contribution in [0.4, 0.5) is 0 Å². The highest BCUT2D eigenvalue weighted by Crippen LogP contribution is 2.26. The van der Waals surface area contributed by atoms with E-state index in [4.69, 9.17) is 0 Å². The summed E-state index contributed by atoms with van der Waals surface area (Å²) in [6, 6.07) is 0.538. The first-order valence-corrected chi connectivity index (χ1v) is 5.14. The third-order valence-electron chi connectivity index (χ3n) is 2.56. The predicted molar refractivity (Wildman–Crippen MR) is 53.5 cm³/mol. The number of carbonyl (C=O) groups excluding carboxylic acids is 1. The van der Waals surface area contributed by atoms with Crippen LogP contribution < -0.4 is 5.32 Å². The number of nitrogens with zero attached hydrogens (tertiary/aromatic N) is 1. The molecule has 0 bridgehead atoms. The molecule has 0 aromatic carbocycles. The molecular formula is C10H20N2O. The van der Waals surface area contributed by atoms with Crippen LogP contribution in [0.3, 0.4) is 0 Å². The molecule has 1 saturated carbocycles. The molecule has 1 amide bonds. The second-order valence-electron chi connectivity index (χ2n) is 3.89. The lowest BCUT2D eigenvalue weighted by molar-refractivity contribution is -0.134. The average molecular weight is 184 g/mol. The van der Waals surface area contributed by atoms with Crippen molar-refractivity contribution in [2.24, 2.45) is 5.92 Å². The number of rotatable bonds is 5. The van der Waals surface area contributed by atoms with Gasteiger partial charge >= 0.3 is 0 Å². The summed E-state index contributed by atoms with van der Waals surface area (Å²) >= 11 is 0. The minimum absolute atomic E-state index is 0.116. The molecule has 1 rings (SSSR count). The fraction of sp³-hybridized carbons (Fsp3) is 0.900. The number of carbonyl (C=O) groups is 1. The Labute approximate surface area is 80.5 Å². The summed E-state index contributed by atoms with van der Waals surface area (Å²) in [4.78, 5) is 13.6. The Kier molecular flexibility index (Phi) is 3.72. The molecule has 0 radical (unpaired) electrons. The fourth-order valence-electron chi connectivity index (χ4n) is 1.44. The average Bonchev–Trinajstić information content (AvgIpc) is 2.94. The second kappa shape index (κ2) is 4.61. The molecule has 76 valence electrons. The van der Waals surface area contributed by atoms with Gasteiger partial charge in [0, 0.05) is 25.6 Å². The maximum atomic E-state index is 11.7. The minimum Gasteiger partial charge on any atom is -0.343 e. The van der Waals surface area contributed by atoms with Gasteiger partial charge in [0.1, 0.15) is 0 Å². The molecule has 0 aromatic rings. The van der Waals surface area contributed by atoms with Gasteiger partial charge in [-0.3, -0.25) is 4.79 Å². The molecule has 1 N–H and O–H groups in total. The van der Waals surface area contributed by atoms with Gasteiger partial charge in [-0.1, -0.05) is 13.8 Å². The summed E-state index contributed by atoms with van der Waals surface area (Å²) in [5, 5.41) is 3.20. The zero-order valence-corrected chi connectivity index (χ0v) is 8.84. The molecule has 3 nitrogen and oxygen atoms in total. The van der Waals surface area contributed by atoms with E-state index in [0.29, 0.717) is 6.04 Å². The van der Waals surface area contributed by atoms with Crippen molar-refractivity contribution in [3.63, 3.8) is 0 Å². The number of hydrogen-bond donors (Lipinski definition) is 1. The standard InChI is InChI=1S/C10H20N2O/c1-4-11-7-8(2)10(13)12(3)9-5-6-9/h8-9,11H,4-7H2,1-3H3. The van der Waals surface area contributed by atoms with Crippen molar-refractivity contribution in [1.29, 1.82) is 0 Å². The van der Waals surface area contributed by atoms with E-state index in [2.05, 4.69) is 12.2 Å². The lowest BCUT2D eigenvalue weighted by Crippen LogP contribution is -2.37. The first kappa shape index (κ1) is 10.5. The number of amides is 1. The summed E-state index contributed by atoms with van der Waals surface area (Å²) in [5.74, 6) is 0.397. The quantitative estimate of drug-likeness (QED) is 0.687. The maximum Gasteiger partial charge on any atom is 0.226 e. The molecule has 1 aliphatic carbocycles. The van der Waals surface area contributed by atoms with Gasteiger partial charge in [0.15, 0.2) is 0 Å². The summed E-state index contributed by atoms with van der Waals surface area (Å²) in [6.07, 6.45) is 2.38. The highest BCUT2D eigenvalue weighted by Gasteiger charge is 2.31. The van der Waals surface area contributed by atoms with E-state index in [9.17, 15) is 4.79 Å². The smallest absolute Gasteiger partial charge is 0.226 e. The molecule has 13 heavy (non-hydrogen) atoms. The summed E-state index contributed by atoms with van der Waals surface area (Å²) in [6.45, 7) is 5.78. The predicted octanol–water partition coefficient (Wildman–Crippen LogP) is 0.853. The highest BCUT2D eigenvalue weighted by molar-refractivity contribution is 5.79. The summed E-state index contributed by atoms with van der Waals surface area (Å²) in [7, 11) is 1.92. The van der Waals surface area contributed by atoms with Crippen LogP contribution in [0.15, 0.2) is 0 Å². The van der Waals surface area contributed by atoms with Gasteiger partial charge in [-0.15, -0.1) is 0 Å². The van der Waals surface area contributed by atoms with Gasteiger partial charge in [0.25, 0.3) is 0 Å². The van der Waals surface area contributed by atoms with Gasteiger partial charge in [-0.05, 0) is 19.4 Å². The largest absolute Gasteiger partial charge is 0.343 e. The van der Waals surface area contributed by atoms with Crippen LogP contribution in [-0.2, 0) is 4.79 Å². The van der Waals surface area contributed by atoms with Crippen LogP contribution in [0.25, 0.3) is 0 Å². The molecule has 0 saturated heterocycles. The lowest BCUT2D eigenvalue weighted by Gasteiger charge is -2.21. The van der Waals surface area contributed by atoms with Gasteiger partial charge in [-0.2, -0.15) is 0 Å². The number of nitrogens with one attached hydrogen (secondary N) is 1. The normalized spacial score (nSPS) is 18.4. The van der Waals surface area contributed by atoms with Crippen LogP contribution in [0.2, 0.25) is 0 Å². The Morgan fingerprint density at radius 1 is 1.62 bits per heavy atom. The topological polar surface area (TPSA) is 32.3 Å². The molecule has 1 fully saturated rings. The van der Waals surface area contributed by atoms with Crippen LogP contribution in [0.1, 0.15) is 26.7 Å². The van der Waals surface area contributed by atoms with E-state index >= 15 is 0 Å². The minimum atomic E-state index is 0.116. The zero-order chi connectivity index (χ0) is 9.84. The Morgan fingerprint density at radius 2 is 2.23 bits per heavy atom. The highest BCUT2D eigenvalue weighted by atomic mass is 16.2. The first-order chi connectivity index (χ1) is 6.16. The van der Waals surface area contributed by atoms with Crippen LogP contribution in [0, 0.1) is 5.92 Å². The van der Waals surface area contributed by atoms with Gasteiger partial charge in [0.2, 0.25) is 5.91 Å². The number of hydrogen-bond acceptors (Lipinski definition) is 2. The molecule has 1 aliphatic rings. The molecule has 0 aromatic heterocycles. The first-order valence-electron chi connectivity index (χ1n) is 5.14. The second-order valence-corrected chi connectivity index (χ2v) is 3.89. The van der Waals surface area contributed by atoms with Crippen LogP contribution >= 0.6 is 0 Å². The van der Waals surface area contributed by atoms with Crippen molar-refractivity contribution >= 4 is 5.91 Å². The lowest BCUT2D eigenvalue weighted by atomic mass is 10.1. The van der Waals surface area contributed by atoms with E-state index < -0.39 is 0 Å². The van der Waals surface area contributed by atoms with Crippen LogP contribution in [0.5, 0.6) is 0 Å². The van der Waals surface area contributed by atoms with E-state index in [1.54, 1.807) is 0 Å². The third-order valence-corrected chi connectivity index (χ3v) is 2.56. The third kappa shape index (κ3) is 2.99. The maximum absolute atomic E-state index is 11.7. The SMILES string of the molecule is CCNCC(C)C(=O)N(C)C1CC1. The Bertz CT molecular complexity index is 178. The van der Waals surface area contributed by atoms with Gasteiger partial charge in [0.05, 0.1) is 0 Å².